The molecule has 0 unspecified atom stereocenters. The van der Waals surface area contributed by atoms with Crippen molar-refractivity contribution in [1.29, 1.82) is 0 Å². The summed E-state index contributed by atoms with van der Waals surface area (Å²) < 4.78 is 6.67. The van der Waals surface area contributed by atoms with Crippen LogP contribution in [0.4, 0.5) is 5.69 Å². The summed E-state index contributed by atoms with van der Waals surface area (Å²) in [4.78, 5) is 25.9. The van der Waals surface area contributed by atoms with Crippen molar-refractivity contribution in [3.8, 4) is 5.75 Å². The summed E-state index contributed by atoms with van der Waals surface area (Å²) in [7, 11) is 1.56. The van der Waals surface area contributed by atoms with Crippen LogP contribution in [0.15, 0.2) is 59.9 Å². The molecule has 0 atom stereocenters. The van der Waals surface area contributed by atoms with Gasteiger partial charge < -0.3 is 10.1 Å². The predicted molar refractivity (Wildman–Crippen MR) is 109 cm³/mol. The van der Waals surface area contributed by atoms with Crippen LogP contribution in [0.3, 0.4) is 0 Å². The third kappa shape index (κ3) is 3.62. The third-order valence-electron chi connectivity index (χ3n) is 4.49. The van der Waals surface area contributed by atoms with Crippen LogP contribution in [0, 0.1) is 13.8 Å². The molecule has 1 amide bonds. The molecule has 0 radical (unpaired) electrons. The standard InChI is InChI=1S/C22H22N2O3/c1-5-10-24-20(21(25)23-19-9-6-14(2)11-15(19)3)13-16-12-17(27-4)7-8-18(16)22(24)26/h5-9,11-13H,1,10H2,2-4H3,(H,23,25). The molecule has 0 fully saturated rings. The molecule has 5 nitrogen and oxygen atoms in total. The lowest BCUT2D eigenvalue weighted by Gasteiger charge is -2.15. The Morgan fingerprint density at radius 2 is 1.96 bits per heavy atom. The van der Waals surface area contributed by atoms with E-state index in [1.54, 1.807) is 37.5 Å². The van der Waals surface area contributed by atoms with Gasteiger partial charge in [0, 0.05) is 17.6 Å². The fraction of sp³-hybridized carbons (Fsp3) is 0.182. The number of amides is 1. The summed E-state index contributed by atoms with van der Waals surface area (Å²) in [5.41, 5.74) is 2.84. The van der Waals surface area contributed by atoms with E-state index in [9.17, 15) is 9.59 Å². The number of anilines is 1. The first-order valence-electron chi connectivity index (χ1n) is 8.65. The monoisotopic (exact) mass is 362 g/mol. The van der Waals surface area contributed by atoms with Crippen molar-refractivity contribution >= 4 is 22.4 Å². The average molecular weight is 362 g/mol. The Morgan fingerprint density at radius 1 is 1.19 bits per heavy atom. The first-order chi connectivity index (χ1) is 12.9. The van der Waals surface area contributed by atoms with Crippen LogP contribution in [0.25, 0.3) is 10.8 Å². The summed E-state index contributed by atoms with van der Waals surface area (Å²) >= 11 is 0. The van der Waals surface area contributed by atoms with Gasteiger partial charge in [0.25, 0.3) is 11.5 Å². The topological polar surface area (TPSA) is 60.3 Å². The van der Waals surface area contributed by atoms with Crippen LogP contribution in [0.5, 0.6) is 5.75 Å². The van der Waals surface area contributed by atoms with Crippen molar-refractivity contribution < 1.29 is 9.53 Å². The Labute approximate surface area is 157 Å². The van der Waals surface area contributed by atoms with Gasteiger partial charge in [-0.15, -0.1) is 6.58 Å². The van der Waals surface area contributed by atoms with Crippen molar-refractivity contribution in [2.24, 2.45) is 0 Å². The van der Waals surface area contributed by atoms with Crippen LogP contribution < -0.4 is 15.6 Å². The number of nitrogens with one attached hydrogen (secondary N) is 1. The van der Waals surface area contributed by atoms with Crippen molar-refractivity contribution in [2.75, 3.05) is 12.4 Å². The lowest BCUT2D eigenvalue weighted by Crippen LogP contribution is -2.28. The number of pyridine rings is 1. The molecule has 2 aromatic carbocycles. The Bertz CT molecular complexity index is 1100. The van der Waals surface area contributed by atoms with Gasteiger partial charge in [-0.2, -0.15) is 0 Å². The second-order valence-corrected chi connectivity index (χ2v) is 6.46. The normalized spacial score (nSPS) is 10.6. The van der Waals surface area contributed by atoms with Gasteiger partial charge in [-0.05, 0) is 55.1 Å². The number of allylic oxidation sites excluding steroid dienone is 1. The molecule has 0 saturated heterocycles. The molecule has 1 heterocycles. The number of hydrogen-bond donors (Lipinski definition) is 1. The largest absolute Gasteiger partial charge is 0.497 e. The number of rotatable bonds is 5. The maximum atomic E-state index is 13.0. The summed E-state index contributed by atoms with van der Waals surface area (Å²) in [6.45, 7) is 7.88. The first-order valence-corrected chi connectivity index (χ1v) is 8.65. The number of nitrogens with zero attached hydrogens (tertiary/aromatic N) is 1. The van der Waals surface area contributed by atoms with Crippen LogP contribution in [-0.4, -0.2) is 17.6 Å². The van der Waals surface area contributed by atoms with Crippen LogP contribution in [0.2, 0.25) is 0 Å². The van der Waals surface area contributed by atoms with Crippen molar-refractivity contribution in [3.63, 3.8) is 0 Å². The summed E-state index contributed by atoms with van der Waals surface area (Å²) in [6, 6.07) is 12.7. The number of benzene rings is 2. The summed E-state index contributed by atoms with van der Waals surface area (Å²) in [5.74, 6) is 0.287. The van der Waals surface area contributed by atoms with Gasteiger partial charge in [-0.25, -0.2) is 0 Å². The van der Waals surface area contributed by atoms with Crippen molar-refractivity contribution in [2.45, 2.75) is 20.4 Å². The fourth-order valence-electron chi connectivity index (χ4n) is 3.10. The van der Waals surface area contributed by atoms with Gasteiger partial charge in [-0.1, -0.05) is 23.8 Å². The molecule has 1 aromatic heterocycles. The number of hydrogen-bond acceptors (Lipinski definition) is 3. The molecule has 1 N–H and O–H groups in total. The van der Waals surface area contributed by atoms with Gasteiger partial charge >= 0.3 is 0 Å². The van der Waals surface area contributed by atoms with E-state index < -0.39 is 0 Å². The molecular weight excluding hydrogens is 340 g/mol. The minimum atomic E-state index is -0.342. The lowest BCUT2D eigenvalue weighted by atomic mass is 10.1. The van der Waals surface area contributed by atoms with Gasteiger partial charge in [0.2, 0.25) is 0 Å². The van der Waals surface area contributed by atoms with Gasteiger partial charge in [0.05, 0.1) is 7.11 Å². The number of aromatic nitrogens is 1. The second-order valence-electron chi connectivity index (χ2n) is 6.46. The smallest absolute Gasteiger partial charge is 0.272 e. The highest BCUT2D eigenvalue weighted by Gasteiger charge is 2.16. The SMILES string of the molecule is C=CCn1c(C(=O)Nc2ccc(C)cc2C)cc2cc(OC)ccc2c1=O. The molecule has 0 aliphatic heterocycles. The zero-order valence-electron chi connectivity index (χ0n) is 15.7. The van der Waals surface area contributed by atoms with Gasteiger partial charge in [-0.3, -0.25) is 14.2 Å². The molecule has 27 heavy (non-hydrogen) atoms. The molecule has 3 aromatic rings. The first kappa shape index (κ1) is 18.5. The van der Waals surface area contributed by atoms with Crippen LogP contribution >= 0.6 is 0 Å². The van der Waals surface area contributed by atoms with E-state index in [0.717, 1.165) is 11.1 Å². The third-order valence-corrected chi connectivity index (χ3v) is 4.49. The molecule has 138 valence electrons. The van der Waals surface area contributed by atoms with E-state index in [2.05, 4.69) is 11.9 Å². The van der Waals surface area contributed by atoms with E-state index in [-0.39, 0.29) is 23.7 Å². The number of carbonyl (C=O) groups excluding carboxylic acids is 1. The highest BCUT2D eigenvalue weighted by atomic mass is 16.5. The quantitative estimate of drug-likeness (QED) is 0.696. The Hall–Kier alpha value is -3.34. The molecule has 0 aliphatic carbocycles. The van der Waals surface area contributed by atoms with E-state index in [1.165, 1.54) is 4.57 Å². The molecule has 3 rings (SSSR count). The molecule has 0 saturated carbocycles. The molecular formula is C22H22N2O3. The van der Waals surface area contributed by atoms with E-state index in [0.29, 0.717) is 22.2 Å². The van der Waals surface area contributed by atoms with Crippen LogP contribution in [-0.2, 0) is 6.54 Å². The molecule has 0 aliphatic rings. The number of aryl methyl sites for hydroxylation is 2. The van der Waals surface area contributed by atoms with Gasteiger partial charge in [0.1, 0.15) is 11.4 Å². The summed E-state index contributed by atoms with van der Waals surface area (Å²) in [5, 5.41) is 4.10. The maximum absolute atomic E-state index is 13.0. The average Bonchev–Trinajstić information content (AvgIpc) is 2.65. The number of ether oxygens (including phenoxy) is 1. The number of carbonyl (C=O) groups is 1. The Balaban J connectivity index is 2.12. The Kier molecular flexibility index (Phi) is 5.12. The second kappa shape index (κ2) is 7.50. The molecule has 0 bridgehead atoms. The highest BCUT2D eigenvalue weighted by Crippen LogP contribution is 2.21. The zero-order chi connectivity index (χ0) is 19.6. The van der Waals surface area contributed by atoms with Crippen LogP contribution in [0.1, 0.15) is 21.6 Å². The van der Waals surface area contributed by atoms with E-state index in [4.69, 9.17) is 4.74 Å². The van der Waals surface area contributed by atoms with E-state index >= 15 is 0 Å². The maximum Gasteiger partial charge on any atom is 0.272 e. The zero-order valence-corrected chi connectivity index (χ0v) is 15.7. The minimum absolute atomic E-state index is 0.235. The van der Waals surface area contributed by atoms with E-state index in [1.807, 2.05) is 32.0 Å². The minimum Gasteiger partial charge on any atom is -0.497 e. The van der Waals surface area contributed by atoms with Gasteiger partial charge in [0.15, 0.2) is 0 Å². The number of methoxy groups -OCH3 is 1. The molecule has 0 spiro atoms. The van der Waals surface area contributed by atoms with Crippen molar-refractivity contribution in [3.05, 3.63) is 82.3 Å². The predicted octanol–water partition coefficient (Wildman–Crippen LogP) is 4.07. The van der Waals surface area contributed by atoms with Crippen molar-refractivity contribution in [1.82, 2.24) is 4.57 Å². The summed E-state index contributed by atoms with van der Waals surface area (Å²) in [6.07, 6.45) is 1.60. The number of fused-ring (bicyclic) bond motifs is 1. The fourth-order valence-corrected chi connectivity index (χ4v) is 3.10. The lowest BCUT2D eigenvalue weighted by molar-refractivity contribution is 0.101. The molecule has 5 heteroatoms. The Morgan fingerprint density at radius 3 is 2.63 bits per heavy atom. The highest BCUT2D eigenvalue weighted by molar-refractivity contribution is 6.05.